The Labute approximate surface area is 157 Å². The number of rotatable bonds is 5. The third-order valence-electron chi connectivity index (χ3n) is 3.61. The molecule has 0 aliphatic rings. The van der Waals surface area contributed by atoms with E-state index in [2.05, 4.69) is 5.32 Å². The number of hydrogen-bond acceptors (Lipinski definition) is 3. The van der Waals surface area contributed by atoms with Gasteiger partial charge in [-0.15, -0.1) is 0 Å². The number of sulfonamides is 1. The van der Waals surface area contributed by atoms with Gasteiger partial charge in [0.15, 0.2) is 0 Å². The van der Waals surface area contributed by atoms with Crippen LogP contribution in [0.15, 0.2) is 36.4 Å². The maximum Gasteiger partial charge on any atom is 0.245 e. The lowest BCUT2D eigenvalue weighted by Gasteiger charge is -2.23. The predicted octanol–water partition coefficient (Wildman–Crippen LogP) is 4.01. The molecule has 0 aliphatic carbocycles. The Kier molecular flexibility index (Phi) is 5.98. The quantitative estimate of drug-likeness (QED) is 0.823. The second-order valence-electron chi connectivity index (χ2n) is 5.68. The molecule has 2 aromatic rings. The third-order valence-corrected chi connectivity index (χ3v) is 5.28. The highest BCUT2D eigenvalue weighted by molar-refractivity contribution is 7.92. The summed E-state index contributed by atoms with van der Waals surface area (Å²) >= 11 is 12.0. The van der Waals surface area contributed by atoms with E-state index in [1.165, 1.54) is 18.2 Å². The first-order valence-electron chi connectivity index (χ1n) is 7.38. The minimum Gasteiger partial charge on any atom is -0.324 e. The molecule has 0 atom stereocenters. The van der Waals surface area contributed by atoms with Gasteiger partial charge in [-0.3, -0.25) is 9.10 Å². The van der Waals surface area contributed by atoms with Crippen LogP contribution in [0.4, 0.5) is 11.4 Å². The summed E-state index contributed by atoms with van der Waals surface area (Å²) < 4.78 is 25.2. The smallest absolute Gasteiger partial charge is 0.245 e. The number of carbonyl (C=O) groups excluding carboxylic acids is 1. The fourth-order valence-corrected chi connectivity index (χ4v) is 3.81. The zero-order valence-corrected chi connectivity index (χ0v) is 16.3. The number of nitrogens with zero attached hydrogens (tertiary/aromatic N) is 1. The second-order valence-corrected chi connectivity index (χ2v) is 8.43. The van der Waals surface area contributed by atoms with Gasteiger partial charge in [-0.1, -0.05) is 41.4 Å². The molecule has 0 aromatic heterocycles. The SMILES string of the molecule is Cc1cccc(C)c1NC(=O)CN(c1ccc(Cl)cc1Cl)S(C)(=O)=O. The van der Waals surface area contributed by atoms with Crippen LogP contribution in [0, 0.1) is 13.8 Å². The number of anilines is 2. The molecule has 0 saturated carbocycles. The molecule has 2 aromatic carbocycles. The maximum absolute atomic E-state index is 12.4. The van der Waals surface area contributed by atoms with Crippen molar-refractivity contribution in [3.8, 4) is 0 Å². The summed E-state index contributed by atoms with van der Waals surface area (Å²) in [4.78, 5) is 12.4. The highest BCUT2D eigenvalue weighted by atomic mass is 35.5. The van der Waals surface area contributed by atoms with Gasteiger partial charge in [-0.2, -0.15) is 0 Å². The molecule has 1 N–H and O–H groups in total. The van der Waals surface area contributed by atoms with Crippen molar-refractivity contribution < 1.29 is 13.2 Å². The van der Waals surface area contributed by atoms with Crippen LogP contribution in [-0.4, -0.2) is 27.1 Å². The normalized spacial score (nSPS) is 11.2. The Hall–Kier alpha value is -1.76. The van der Waals surface area contributed by atoms with Gasteiger partial charge in [0.2, 0.25) is 15.9 Å². The van der Waals surface area contributed by atoms with Crippen LogP contribution >= 0.6 is 23.2 Å². The van der Waals surface area contributed by atoms with Gasteiger partial charge in [-0.05, 0) is 43.2 Å². The molecule has 0 unspecified atom stereocenters. The molecule has 134 valence electrons. The van der Waals surface area contributed by atoms with Crippen molar-refractivity contribution in [2.75, 3.05) is 22.4 Å². The molecular weight excluding hydrogens is 383 g/mol. The molecule has 0 fully saturated rings. The van der Waals surface area contributed by atoms with E-state index in [4.69, 9.17) is 23.2 Å². The van der Waals surface area contributed by atoms with Gasteiger partial charge in [0.1, 0.15) is 6.54 Å². The summed E-state index contributed by atoms with van der Waals surface area (Å²) in [5, 5.41) is 3.30. The Morgan fingerprint density at radius 1 is 1.12 bits per heavy atom. The molecule has 0 saturated heterocycles. The maximum atomic E-state index is 12.4. The Morgan fingerprint density at radius 3 is 2.24 bits per heavy atom. The van der Waals surface area contributed by atoms with E-state index in [0.29, 0.717) is 10.7 Å². The molecule has 0 aliphatic heterocycles. The fourth-order valence-electron chi connectivity index (χ4n) is 2.39. The topological polar surface area (TPSA) is 66.5 Å². The predicted molar refractivity (Wildman–Crippen MR) is 103 cm³/mol. The van der Waals surface area contributed by atoms with Crippen molar-refractivity contribution in [3.05, 3.63) is 57.6 Å². The van der Waals surface area contributed by atoms with Gasteiger partial charge in [0.05, 0.1) is 17.0 Å². The molecular formula is C17H18Cl2N2O3S. The Morgan fingerprint density at radius 2 is 1.72 bits per heavy atom. The van der Waals surface area contributed by atoms with Gasteiger partial charge in [-0.25, -0.2) is 8.42 Å². The molecule has 0 heterocycles. The van der Waals surface area contributed by atoms with Crippen molar-refractivity contribution in [2.45, 2.75) is 13.8 Å². The summed E-state index contributed by atoms with van der Waals surface area (Å²) in [7, 11) is -3.72. The van der Waals surface area contributed by atoms with E-state index >= 15 is 0 Å². The summed E-state index contributed by atoms with van der Waals surface area (Å²) in [6, 6.07) is 10.0. The number of amides is 1. The van der Waals surface area contributed by atoms with Crippen LogP contribution in [0.1, 0.15) is 11.1 Å². The van der Waals surface area contributed by atoms with E-state index in [1.54, 1.807) is 0 Å². The van der Waals surface area contributed by atoms with Gasteiger partial charge in [0.25, 0.3) is 0 Å². The zero-order chi connectivity index (χ0) is 18.8. The highest BCUT2D eigenvalue weighted by Gasteiger charge is 2.23. The molecule has 0 spiro atoms. The summed E-state index contributed by atoms with van der Waals surface area (Å²) in [6.45, 7) is 3.34. The van der Waals surface area contributed by atoms with Crippen molar-refractivity contribution >= 4 is 50.5 Å². The fraction of sp³-hybridized carbons (Fsp3) is 0.235. The lowest BCUT2D eigenvalue weighted by Crippen LogP contribution is -2.37. The number of benzene rings is 2. The number of carbonyl (C=O) groups is 1. The standard InChI is InChI=1S/C17H18Cl2N2O3S/c1-11-5-4-6-12(2)17(11)20-16(22)10-21(25(3,23)24)15-8-7-13(18)9-14(15)19/h4-9H,10H2,1-3H3,(H,20,22). The van der Waals surface area contributed by atoms with Gasteiger partial charge in [0, 0.05) is 10.7 Å². The molecule has 25 heavy (non-hydrogen) atoms. The van der Waals surface area contributed by atoms with E-state index in [-0.39, 0.29) is 10.7 Å². The number of aryl methyl sites for hydroxylation is 2. The van der Waals surface area contributed by atoms with E-state index < -0.39 is 22.5 Å². The molecule has 8 heteroatoms. The molecule has 0 bridgehead atoms. The minimum absolute atomic E-state index is 0.151. The molecule has 1 amide bonds. The van der Waals surface area contributed by atoms with Crippen molar-refractivity contribution in [3.63, 3.8) is 0 Å². The van der Waals surface area contributed by atoms with E-state index in [0.717, 1.165) is 21.7 Å². The lowest BCUT2D eigenvalue weighted by molar-refractivity contribution is -0.114. The molecule has 2 rings (SSSR count). The van der Waals surface area contributed by atoms with Crippen LogP contribution in [0.3, 0.4) is 0 Å². The van der Waals surface area contributed by atoms with Gasteiger partial charge >= 0.3 is 0 Å². The second kappa shape index (κ2) is 7.64. The Balaban J connectivity index is 2.30. The van der Waals surface area contributed by atoms with Crippen molar-refractivity contribution in [2.24, 2.45) is 0 Å². The van der Waals surface area contributed by atoms with Crippen LogP contribution in [0.2, 0.25) is 10.0 Å². The zero-order valence-electron chi connectivity index (χ0n) is 14.0. The largest absolute Gasteiger partial charge is 0.324 e. The first kappa shape index (κ1) is 19.6. The monoisotopic (exact) mass is 400 g/mol. The van der Waals surface area contributed by atoms with Crippen molar-refractivity contribution in [1.29, 1.82) is 0 Å². The molecule has 5 nitrogen and oxygen atoms in total. The van der Waals surface area contributed by atoms with Gasteiger partial charge < -0.3 is 5.32 Å². The van der Waals surface area contributed by atoms with Crippen LogP contribution in [0.25, 0.3) is 0 Å². The summed E-state index contributed by atoms with van der Waals surface area (Å²) in [6.07, 6.45) is 1.02. The number of hydrogen-bond donors (Lipinski definition) is 1. The average molecular weight is 401 g/mol. The van der Waals surface area contributed by atoms with E-state index in [1.807, 2.05) is 32.0 Å². The van der Waals surface area contributed by atoms with Crippen molar-refractivity contribution in [1.82, 2.24) is 0 Å². The number of nitrogens with one attached hydrogen (secondary N) is 1. The number of para-hydroxylation sites is 1. The first-order valence-corrected chi connectivity index (χ1v) is 9.99. The average Bonchev–Trinajstić information content (AvgIpc) is 2.48. The molecule has 0 radical (unpaired) electrons. The first-order chi connectivity index (χ1) is 11.6. The Bertz CT molecular complexity index is 894. The van der Waals surface area contributed by atoms with E-state index in [9.17, 15) is 13.2 Å². The minimum atomic E-state index is -3.72. The number of halogens is 2. The highest BCUT2D eigenvalue weighted by Crippen LogP contribution is 2.30. The van der Waals surface area contributed by atoms with Crippen LogP contribution in [0.5, 0.6) is 0 Å². The lowest BCUT2D eigenvalue weighted by atomic mass is 10.1. The van der Waals surface area contributed by atoms with Crippen LogP contribution in [-0.2, 0) is 14.8 Å². The summed E-state index contributed by atoms with van der Waals surface area (Å²) in [5.74, 6) is -0.464. The third kappa shape index (κ3) is 4.87. The van der Waals surface area contributed by atoms with Crippen LogP contribution < -0.4 is 9.62 Å². The summed E-state index contributed by atoms with van der Waals surface area (Å²) in [5.41, 5.74) is 2.65.